The topological polar surface area (TPSA) is 20.2 Å². The van der Waals surface area contributed by atoms with Crippen LogP contribution < -0.4 is 0 Å². The molecule has 0 spiro atoms. The number of aliphatic hydroxyl groups excluding tert-OH is 1. The van der Waals surface area contributed by atoms with E-state index in [1.54, 1.807) is 11.3 Å². The van der Waals surface area contributed by atoms with Gasteiger partial charge in [-0.25, -0.2) is 0 Å². The zero-order valence-corrected chi connectivity index (χ0v) is 11.2. The first-order valence-electron chi connectivity index (χ1n) is 6.59. The summed E-state index contributed by atoms with van der Waals surface area (Å²) in [5.41, 5.74) is 4.17. The lowest BCUT2D eigenvalue weighted by atomic mass is 9.80. The number of thiophene rings is 1. The van der Waals surface area contributed by atoms with Gasteiger partial charge in [0.1, 0.15) is 0 Å². The lowest BCUT2D eigenvalue weighted by Crippen LogP contribution is -2.28. The Kier molecular flexibility index (Phi) is 3.48. The smallest absolute Gasteiger partial charge is 0.0612 e. The number of rotatable bonds is 3. The van der Waals surface area contributed by atoms with Gasteiger partial charge in [0.2, 0.25) is 0 Å². The third kappa shape index (κ3) is 2.50. The standard InChI is InChI=1S/C16H18OS/c17-16(9-12-7-8-18-11-12)15-6-5-13-3-1-2-4-14(13)10-15/h1-4,7-8,11,15-17H,5-6,9-10H2. The van der Waals surface area contributed by atoms with Crippen LogP contribution in [0.2, 0.25) is 0 Å². The van der Waals surface area contributed by atoms with Gasteiger partial charge in [0.05, 0.1) is 6.10 Å². The van der Waals surface area contributed by atoms with Crippen LogP contribution in [0.4, 0.5) is 0 Å². The van der Waals surface area contributed by atoms with Crippen LogP contribution in [-0.4, -0.2) is 11.2 Å². The molecule has 94 valence electrons. The van der Waals surface area contributed by atoms with E-state index in [1.165, 1.54) is 16.7 Å². The van der Waals surface area contributed by atoms with Crippen LogP contribution in [0, 0.1) is 5.92 Å². The molecule has 1 N–H and O–H groups in total. The second-order valence-corrected chi connectivity index (χ2v) is 5.95. The van der Waals surface area contributed by atoms with Crippen molar-refractivity contribution in [1.82, 2.24) is 0 Å². The maximum absolute atomic E-state index is 10.4. The first-order chi connectivity index (χ1) is 8.83. The average Bonchev–Trinajstić information content (AvgIpc) is 2.91. The summed E-state index contributed by atoms with van der Waals surface area (Å²) in [6.07, 6.45) is 3.86. The van der Waals surface area contributed by atoms with Gasteiger partial charge in [-0.3, -0.25) is 0 Å². The summed E-state index contributed by atoms with van der Waals surface area (Å²) in [6, 6.07) is 10.8. The van der Waals surface area contributed by atoms with Crippen LogP contribution >= 0.6 is 11.3 Å². The molecule has 1 aromatic carbocycles. The summed E-state index contributed by atoms with van der Waals surface area (Å²) >= 11 is 1.71. The summed E-state index contributed by atoms with van der Waals surface area (Å²) in [4.78, 5) is 0. The van der Waals surface area contributed by atoms with Crippen molar-refractivity contribution in [1.29, 1.82) is 0 Å². The van der Waals surface area contributed by atoms with Gasteiger partial charge >= 0.3 is 0 Å². The molecule has 0 saturated heterocycles. The van der Waals surface area contributed by atoms with Crippen molar-refractivity contribution >= 4 is 11.3 Å². The monoisotopic (exact) mass is 258 g/mol. The molecule has 2 heteroatoms. The van der Waals surface area contributed by atoms with Crippen LogP contribution in [0.3, 0.4) is 0 Å². The minimum Gasteiger partial charge on any atom is -0.392 e. The SMILES string of the molecule is OC(Cc1ccsc1)C1CCc2ccccc2C1. The van der Waals surface area contributed by atoms with Gasteiger partial charge in [-0.15, -0.1) is 0 Å². The second kappa shape index (κ2) is 5.25. The summed E-state index contributed by atoms with van der Waals surface area (Å²) in [7, 11) is 0. The second-order valence-electron chi connectivity index (χ2n) is 5.17. The number of hydrogen-bond donors (Lipinski definition) is 1. The Balaban J connectivity index is 1.68. The zero-order valence-electron chi connectivity index (χ0n) is 10.4. The molecule has 0 saturated carbocycles. The molecule has 2 unspecified atom stereocenters. The Hall–Kier alpha value is -1.12. The van der Waals surface area contributed by atoms with Crippen molar-refractivity contribution in [2.24, 2.45) is 5.92 Å². The van der Waals surface area contributed by atoms with E-state index < -0.39 is 0 Å². The maximum Gasteiger partial charge on any atom is 0.0612 e. The molecule has 1 nitrogen and oxygen atoms in total. The van der Waals surface area contributed by atoms with Crippen molar-refractivity contribution in [2.75, 3.05) is 0 Å². The Morgan fingerprint density at radius 3 is 2.83 bits per heavy atom. The number of aryl methyl sites for hydroxylation is 1. The fourth-order valence-corrected chi connectivity index (χ4v) is 3.55. The van der Waals surface area contributed by atoms with Gasteiger partial charge in [-0.05, 0) is 65.1 Å². The van der Waals surface area contributed by atoms with E-state index in [0.29, 0.717) is 5.92 Å². The Labute approximate surface area is 112 Å². The van der Waals surface area contributed by atoms with E-state index >= 15 is 0 Å². The van der Waals surface area contributed by atoms with E-state index in [9.17, 15) is 5.11 Å². The van der Waals surface area contributed by atoms with Crippen LogP contribution in [0.1, 0.15) is 23.1 Å². The Morgan fingerprint density at radius 1 is 1.22 bits per heavy atom. The molecule has 1 aliphatic rings. The van der Waals surface area contributed by atoms with Crippen molar-refractivity contribution in [2.45, 2.75) is 31.8 Å². The molecule has 2 atom stereocenters. The van der Waals surface area contributed by atoms with Crippen molar-refractivity contribution in [3.8, 4) is 0 Å². The van der Waals surface area contributed by atoms with Crippen LogP contribution in [0.25, 0.3) is 0 Å². The fraction of sp³-hybridized carbons (Fsp3) is 0.375. The highest BCUT2D eigenvalue weighted by atomic mass is 32.1. The first kappa shape index (κ1) is 11.9. The molecule has 3 rings (SSSR count). The molecule has 1 heterocycles. The zero-order chi connectivity index (χ0) is 12.4. The van der Waals surface area contributed by atoms with Crippen LogP contribution in [0.15, 0.2) is 41.1 Å². The molecule has 0 fully saturated rings. The van der Waals surface area contributed by atoms with E-state index in [4.69, 9.17) is 0 Å². The number of hydrogen-bond acceptors (Lipinski definition) is 2. The molecule has 18 heavy (non-hydrogen) atoms. The molecule has 1 aromatic heterocycles. The highest BCUT2D eigenvalue weighted by molar-refractivity contribution is 7.07. The highest BCUT2D eigenvalue weighted by Crippen LogP contribution is 2.28. The molecular formula is C16H18OS. The molecule has 0 bridgehead atoms. The lowest BCUT2D eigenvalue weighted by molar-refractivity contribution is 0.0994. The predicted molar refractivity (Wildman–Crippen MR) is 76.0 cm³/mol. The van der Waals surface area contributed by atoms with Crippen LogP contribution in [0.5, 0.6) is 0 Å². The average molecular weight is 258 g/mol. The summed E-state index contributed by atoms with van der Waals surface area (Å²) in [5, 5.41) is 14.6. The van der Waals surface area contributed by atoms with Gasteiger partial charge in [0.25, 0.3) is 0 Å². The third-order valence-electron chi connectivity index (χ3n) is 3.95. The van der Waals surface area contributed by atoms with Crippen molar-refractivity contribution < 1.29 is 5.11 Å². The first-order valence-corrected chi connectivity index (χ1v) is 7.53. The minimum absolute atomic E-state index is 0.201. The van der Waals surface area contributed by atoms with Gasteiger partial charge in [0, 0.05) is 0 Å². The number of fused-ring (bicyclic) bond motifs is 1. The Bertz CT molecular complexity index is 504. The van der Waals surface area contributed by atoms with Gasteiger partial charge in [0.15, 0.2) is 0 Å². The molecule has 2 aromatic rings. The van der Waals surface area contributed by atoms with E-state index in [2.05, 4.69) is 41.1 Å². The lowest BCUT2D eigenvalue weighted by Gasteiger charge is -2.28. The number of benzene rings is 1. The quantitative estimate of drug-likeness (QED) is 0.894. The van der Waals surface area contributed by atoms with Crippen LogP contribution in [-0.2, 0) is 19.3 Å². The molecule has 0 amide bonds. The highest BCUT2D eigenvalue weighted by Gasteiger charge is 2.24. The van der Waals surface area contributed by atoms with Crippen molar-refractivity contribution in [3.63, 3.8) is 0 Å². The molecule has 0 aliphatic heterocycles. The van der Waals surface area contributed by atoms with E-state index in [-0.39, 0.29) is 6.10 Å². The summed E-state index contributed by atoms with van der Waals surface area (Å²) in [5.74, 6) is 0.416. The van der Waals surface area contributed by atoms with Gasteiger partial charge in [-0.2, -0.15) is 11.3 Å². The summed E-state index contributed by atoms with van der Waals surface area (Å²) < 4.78 is 0. The van der Waals surface area contributed by atoms with Gasteiger partial charge in [-0.1, -0.05) is 24.3 Å². The predicted octanol–water partition coefficient (Wildman–Crippen LogP) is 3.46. The van der Waals surface area contributed by atoms with E-state index in [1.807, 2.05) is 0 Å². The number of aliphatic hydroxyl groups is 1. The van der Waals surface area contributed by atoms with E-state index in [0.717, 1.165) is 25.7 Å². The molecule has 0 radical (unpaired) electrons. The summed E-state index contributed by atoms with van der Waals surface area (Å²) in [6.45, 7) is 0. The molecular weight excluding hydrogens is 240 g/mol. The Morgan fingerprint density at radius 2 is 2.06 bits per heavy atom. The van der Waals surface area contributed by atoms with Gasteiger partial charge < -0.3 is 5.11 Å². The fourth-order valence-electron chi connectivity index (χ4n) is 2.87. The third-order valence-corrected chi connectivity index (χ3v) is 4.69. The normalized spacial score (nSPS) is 20.4. The largest absolute Gasteiger partial charge is 0.392 e. The molecule has 1 aliphatic carbocycles. The van der Waals surface area contributed by atoms with Crippen molar-refractivity contribution in [3.05, 3.63) is 57.8 Å². The maximum atomic E-state index is 10.4. The minimum atomic E-state index is -0.201.